The first-order valence-corrected chi connectivity index (χ1v) is 8.75. The zero-order valence-electron chi connectivity index (χ0n) is 14.4. The summed E-state index contributed by atoms with van der Waals surface area (Å²) in [5, 5.41) is 2.83. The van der Waals surface area contributed by atoms with E-state index in [0.29, 0.717) is 6.42 Å². The van der Waals surface area contributed by atoms with Crippen molar-refractivity contribution in [1.29, 1.82) is 0 Å². The number of amides is 1. The summed E-state index contributed by atoms with van der Waals surface area (Å²) < 4.78 is 4.87. The molecule has 0 spiro atoms. The highest BCUT2D eigenvalue weighted by Gasteiger charge is 2.09. The standard InChI is InChI=1S/C17H34N2O3/c1-3-4-5-6-7-8-9-10-11-12-16(20)19-15(2)14-22-17(21)13-18/h15H,3-14,18H2,1-2H3,(H,19,20). The van der Waals surface area contributed by atoms with Gasteiger partial charge < -0.3 is 15.8 Å². The molecule has 0 aromatic heterocycles. The van der Waals surface area contributed by atoms with E-state index in [0.717, 1.165) is 12.8 Å². The van der Waals surface area contributed by atoms with Gasteiger partial charge in [-0.2, -0.15) is 0 Å². The van der Waals surface area contributed by atoms with Crippen molar-refractivity contribution in [2.45, 2.75) is 84.1 Å². The zero-order chi connectivity index (χ0) is 16.6. The van der Waals surface area contributed by atoms with E-state index in [1.165, 1.54) is 44.9 Å². The summed E-state index contributed by atoms with van der Waals surface area (Å²) in [5.41, 5.74) is 5.14. The van der Waals surface area contributed by atoms with E-state index in [-0.39, 0.29) is 25.1 Å². The molecule has 0 aliphatic rings. The molecular weight excluding hydrogens is 280 g/mol. The molecule has 0 aromatic rings. The molecule has 0 aliphatic heterocycles. The molecule has 5 nitrogen and oxygen atoms in total. The minimum absolute atomic E-state index is 0.0271. The predicted molar refractivity (Wildman–Crippen MR) is 89.5 cm³/mol. The van der Waals surface area contributed by atoms with Crippen LogP contribution in [0.4, 0.5) is 0 Å². The number of carbonyl (C=O) groups is 2. The lowest BCUT2D eigenvalue weighted by Crippen LogP contribution is -2.37. The van der Waals surface area contributed by atoms with Gasteiger partial charge in [0.05, 0.1) is 12.6 Å². The van der Waals surface area contributed by atoms with Crippen molar-refractivity contribution in [3.63, 3.8) is 0 Å². The maximum Gasteiger partial charge on any atom is 0.319 e. The summed E-state index contributed by atoms with van der Waals surface area (Å²) in [7, 11) is 0. The Morgan fingerprint density at radius 3 is 2.09 bits per heavy atom. The van der Waals surface area contributed by atoms with Gasteiger partial charge in [-0.05, 0) is 13.3 Å². The van der Waals surface area contributed by atoms with Gasteiger partial charge in [0.15, 0.2) is 0 Å². The van der Waals surface area contributed by atoms with Crippen LogP contribution in [0.15, 0.2) is 0 Å². The van der Waals surface area contributed by atoms with Crippen LogP contribution in [0.2, 0.25) is 0 Å². The molecule has 0 fully saturated rings. The number of ether oxygens (including phenoxy) is 1. The number of unbranched alkanes of at least 4 members (excludes halogenated alkanes) is 8. The van der Waals surface area contributed by atoms with Gasteiger partial charge in [-0.1, -0.05) is 58.3 Å². The Bertz CT molecular complexity index is 296. The second-order valence-corrected chi connectivity index (χ2v) is 5.93. The summed E-state index contributed by atoms with van der Waals surface area (Å²) in [5.74, 6) is -0.417. The van der Waals surface area contributed by atoms with Gasteiger partial charge in [-0.25, -0.2) is 0 Å². The molecule has 0 heterocycles. The van der Waals surface area contributed by atoms with E-state index in [4.69, 9.17) is 10.5 Å². The third-order valence-corrected chi connectivity index (χ3v) is 3.58. The molecule has 1 unspecified atom stereocenters. The van der Waals surface area contributed by atoms with Gasteiger partial charge in [-0.3, -0.25) is 9.59 Å². The van der Waals surface area contributed by atoms with Crippen molar-refractivity contribution in [3.8, 4) is 0 Å². The fourth-order valence-electron chi connectivity index (χ4n) is 2.26. The summed E-state index contributed by atoms with van der Waals surface area (Å²) in [6.07, 6.45) is 11.7. The van der Waals surface area contributed by atoms with Gasteiger partial charge in [0.25, 0.3) is 0 Å². The van der Waals surface area contributed by atoms with E-state index in [1.54, 1.807) is 0 Å². The van der Waals surface area contributed by atoms with Gasteiger partial charge >= 0.3 is 5.97 Å². The summed E-state index contributed by atoms with van der Waals surface area (Å²) >= 11 is 0. The van der Waals surface area contributed by atoms with Crippen molar-refractivity contribution in [1.82, 2.24) is 5.32 Å². The monoisotopic (exact) mass is 314 g/mol. The smallest absolute Gasteiger partial charge is 0.319 e. The van der Waals surface area contributed by atoms with Crippen LogP contribution in [0.3, 0.4) is 0 Å². The SMILES string of the molecule is CCCCCCCCCCCC(=O)NC(C)COC(=O)CN. The Morgan fingerprint density at radius 2 is 1.55 bits per heavy atom. The van der Waals surface area contributed by atoms with Crippen LogP contribution in [-0.4, -0.2) is 31.1 Å². The minimum Gasteiger partial charge on any atom is -0.463 e. The summed E-state index contributed by atoms with van der Waals surface area (Å²) in [6, 6.07) is -0.165. The maximum absolute atomic E-state index is 11.7. The second-order valence-electron chi connectivity index (χ2n) is 5.93. The number of carbonyl (C=O) groups excluding carboxylic acids is 2. The Morgan fingerprint density at radius 1 is 1.00 bits per heavy atom. The fraction of sp³-hybridized carbons (Fsp3) is 0.882. The first-order valence-electron chi connectivity index (χ1n) is 8.75. The van der Waals surface area contributed by atoms with Gasteiger partial charge in [0.2, 0.25) is 5.91 Å². The second kappa shape index (κ2) is 14.8. The first-order chi connectivity index (χ1) is 10.6. The first kappa shape index (κ1) is 20.9. The average molecular weight is 314 g/mol. The predicted octanol–water partition coefficient (Wildman–Crippen LogP) is 2.91. The highest BCUT2D eigenvalue weighted by molar-refractivity contribution is 5.76. The molecular formula is C17H34N2O3. The van der Waals surface area contributed by atoms with E-state index in [2.05, 4.69) is 12.2 Å². The van der Waals surface area contributed by atoms with Crippen LogP contribution in [0.5, 0.6) is 0 Å². The quantitative estimate of drug-likeness (QED) is 0.381. The molecule has 0 aromatic carbocycles. The third kappa shape index (κ3) is 13.9. The fourth-order valence-corrected chi connectivity index (χ4v) is 2.26. The van der Waals surface area contributed by atoms with Crippen molar-refractivity contribution in [3.05, 3.63) is 0 Å². The molecule has 0 rings (SSSR count). The number of hydrogen-bond donors (Lipinski definition) is 2. The summed E-state index contributed by atoms with van der Waals surface area (Å²) in [6.45, 7) is 4.10. The zero-order valence-corrected chi connectivity index (χ0v) is 14.4. The Hall–Kier alpha value is -1.10. The van der Waals surface area contributed by atoms with Crippen LogP contribution >= 0.6 is 0 Å². The van der Waals surface area contributed by atoms with Crippen LogP contribution in [-0.2, 0) is 14.3 Å². The molecule has 0 saturated heterocycles. The Kier molecular flexibility index (Phi) is 14.1. The Labute approximate surface area is 135 Å². The van der Waals surface area contributed by atoms with Gasteiger partial charge in [0, 0.05) is 6.42 Å². The molecule has 1 atom stereocenters. The van der Waals surface area contributed by atoms with Gasteiger partial charge in [-0.15, -0.1) is 0 Å². The average Bonchev–Trinajstić information content (AvgIpc) is 2.50. The largest absolute Gasteiger partial charge is 0.463 e. The molecule has 5 heteroatoms. The molecule has 1 amide bonds. The van der Waals surface area contributed by atoms with E-state index in [9.17, 15) is 9.59 Å². The highest BCUT2D eigenvalue weighted by Crippen LogP contribution is 2.10. The normalized spacial score (nSPS) is 12.0. The molecule has 22 heavy (non-hydrogen) atoms. The van der Waals surface area contributed by atoms with Crippen molar-refractivity contribution < 1.29 is 14.3 Å². The van der Waals surface area contributed by atoms with Crippen LogP contribution in [0.25, 0.3) is 0 Å². The van der Waals surface area contributed by atoms with E-state index >= 15 is 0 Å². The topological polar surface area (TPSA) is 81.4 Å². The van der Waals surface area contributed by atoms with Crippen LogP contribution in [0.1, 0.15) is 78.1 Å². The molecule has 0 radical (unpaired) electrons. The van der Waals surface area contributed by atoms with Crippen molar-refractivity contribution in [2.75, 3.05) is 13.2 Å². The molecule has 0 aliphatic carbocycles. The third-order valence-electron chi connectivity index (χ3n) is 3.58. The maximum atomic E-state index is 11.7. The number of esters is 1. The number of hydrogen-bond acceptors (Lipinski definition) is 4. The highest BCUT2D eigenvalue weighted by atomic mass is 16.5. The molecule has 0 saturated carbocycles. The number of nitrogens with one attached hydrogen (secondary N) is 1. The molecule has 3 N–H and O–H groups in total. The molecule has 130 valence electrons. The molecule has 0 bridgehead atoms. The van der Waals surface area contributed by atoms with Crippen molar-refractivity contribution >= 4 is 11.9 Å². The number of nitrogens with two attached hydrogens (primary N) is 1. The lowest BCUT2D eigenvalue weighted by atomic mass is 10.1. The minimum atomic E-state index is -0.444. The van der Waals surface area contributed by atoms with Crippen LogP contribution in [0, 0.1) is 0 Å². The van der Waals surface area contributed by atoms with Crippen molar-refractivity contribution in [2.24, 2.45) is 5.73 Å². The lowest BCUT2D eigenvalue weighted by Gasteiger charge is -2.13. The lowest BCUT2D eigenvalue weighted by molar-refractivity contribution is -0.143. The number of rotatable bonds is 14. The van der Waals surface area contributed by atoms with E-state index in [1.807, 2.05) is 6.92 Å². The van der Waals surface area contributed by atoms with Gasteiger partial charge in [0.1, 0.15) is 6.61 Å². The van der Waals surface area contributed by atoms with E-state index < -0.39 is 5.97 Å². The van der Waals surface area contributed by atoms with Crippen LogP contribution < -0.4 is 11.1 Å². The summed E-state index contributed by atoms with van der Waals surface area (Å²) in [4.78, 5) is 22.6. The Balaban J connectivity index is 3.40.